The topological polar surface area (TPSA) is 9.23 Å². The van der Waals surface area contributed by atoms with Crippen LogP contribution in [-0.2, 0) is 4.74 Å². The van der Waals surface area contributed by atoms with Gasteiger partial charge in [0.2, 0.25) is 0 Å². The Kier molecular flexibility index (Phi) is 7.81. The van der Waals surface area contributed by atoms with Crippen LogP contribution in [0, 0.1) is 0 Å². The van der Waals surface area contributed by atoms with Crippen molar-refractivity contribution in [1.82, 2.24) is 0 Å². The van der Waals surface area contributed by atoms with Gasteiger partial charge in [0.25, 0.3) is 0 Å². The molecular weight excluding hydrogens is 188 g/mol. The lowest BCUT2D eigenvalue weighted by molar-refractivity contribution is 0.148. The van der Waals surface area contributed by atoms with Crippen molar-refractivity contribution < 1.29 is 4.74 Å². The van der Waals surface area contributed by atoms with Crippen LogP contribution < -0.4 is 0 Å². The van der Waals surface area contributed by atoms with Gasteiger partial charge in [-0.3, -0.25) is 0 Å². The first-order chi connectivity index (χ1) is 6.68. The third-order valence-corrected chi connectivity index (χ3v) is 6.66. The Bertz CT molecular complexity index is 156. The molecule has 0 unspecified atom stereocenters. The molecule has 0 saturated heterocycles. The number of ether oxygens (including phenoxy) is 1. The Morgan fingerprint density at radius 1 is 1.21 bits per heavy atom. The van der Waals surface area contributed by atoms with E-state index in [1.807, 2.05) is 6.92 Å². The molecule has 0 amide bonds. The Morgan fingerprint density at radius 2 is 1.79 bits per heavy atom. The highest BCUT2D eigenvalue weighted by molar-refractivity contribution is 6.79. The van der Waals surface area contributed by atoms with Crippen LogP contribution in [0.3, 0.4) is 0 Å². The summed E-state index contributed by atoms with van der Waals surface area (Å²) in [5.74, 6) is 0. The van der Waals surface area contributed by atoms with E-state index in [9.17, 15) is 0 Å². The molecule has 0 aliphatic carbocycles. The van der Waals surface area contributed by atoms with Crippen molar-refractivity contribution in [2.24, 2.45) is 0 Å². The van der Waals surface area contributed by atoms with Gasteiger partial charge in [-0.1, -0.05) is 24.7 Å². The van der Waals surface area contributed by atoms with Gasteiger partial charge in [0.1, 0.15) is 0 Å². The molecule has 0 rings (SSSR count). The zero-order valence-electron chi connectivity index (χ0n) is 9.72. The zero-order valence-corrected chi connectivity index (χ0v) is 10.7. The molecule has 0 aromatic rings. The molecule has 1 nitrogen and oxygen atoms in total. The monoisotopic (exact) mass is 212 g/mol. The summed E-state index contributed by atoms with van der Waals surface area (Å²) in [5.41, 5.74) is 0. The van der Waals surface area contributed by atoms with Crippen molar-refractivity contribution in [2.45, 2.75) is 38.0 Å². The first-order valence-electron chi connectivity index (χ1n) is 5.48. The van der Waals surface area contributed by atoms with Gasteiger partial charge in [-0.15, -0.1) is 13.2 Å². The van der Waals surface area contributed by atoms with Gasteiger partial charge >= 0.3 is 0 Å². The molecule has 0 atom stereocenters. The smallest absolute Gasteiger partial charge is 0.0580 e. The molecule has 0 aromatic heterocycles. The largest absolute Gasteiger partial charge is 0.382 e. The molecule has 0 aromatic carbocycles. The summed E-state index contributed by atoms with van der Waals surface area (Å²) in [6.07, 6.45) is 5.32. The average molecular weight is 212 g/mol. The standard InChI is InChI=1S/C12H24OSi/c1-5-10-14(4,11-6-2)12-8-9-13-7-3/h5-6H,1-2,7-12H2,3-4H3. The van der Waals surface area contributed by atoms with Crippen LogP contribution in [0.1, 0.15) is 13.3 Å². The zero-order chi connectivity index (χ0) is 10.9. The molecule has 0 aliphatic heterocycles. The second kappa shape index (κ2) is 8.01. The Balaban J connectivity index is 3.82. The summed E-state index contributed by atoms with van der Waals surface area (Å²) in [7, 11) is -1.12. The van der Waals surface area contributed by atoms with Crippen molar-refractivity contribution in [2.75, 3.05) is 13.2 Å². The minimum absolute atomic E-state index is 0.835. The summed E-state index contributed by atoms with van der Waals surface area (Å²) in [4.78, 5) is 0. The molecule has 0 heterocycles. The van der Waals surface area contributed by atoms with Gasteiger partial charge in [-0.05, 0) is 25.4 Å². The van der Waals surface area contributed by atoms with Crippen molar-refractivity contribution >= 4 is 8.07 Å². The van der Waals surface area contributed by atoms with Gasteiger partial charge in [-0.25, -0.2) is 0 Å². The lowest BCUT2D eigenvalue weighted by Crippen LogP contribution is -2.28. The second-order valence-corrected chi connectivity index (χ2v) is 9.03. The van der Waals surface area contributed by atoms with E-state index in [0.29, 0.717) is 0 Å². The van der Waals surface area contributed by atoms with E-state index in [2.05, 4.69) is 31.9 Å². The molecule has 0 radical (unpaired) electrons. The number of hydrogen-bond acceptors (Lipinski definition) is 1. The third kappa shape index (κ3) is 6.16. The molecule has 0 spiro atoms. The number of rotatable bonds is 9. The highest BCUT2D eigenvalue weighted by Gasteiger charge is 2.22. The maximum absolute atomic E-state index is 5.36. The van der Waals surface area contributed by atoms with Crippen molar-refractivity contribution in [3.8, 4) is 0 Å². The predicted molar refractivity (Wildman–Crippen MR) is 67.5 cm³/mol. The van der Waals surface area contributed by atoms with Crippen LogP contribution in [0.25, 0.3) is 0 Å². The fourth-order valence-corrected chi connectivity index (χ4v) is 4.70. The number of hydrogen-bond donors (Lipinski definition) is 0. The molecule has 82 valence electrons. The summed E-state index contributed by atoms with van der Waals surface area (Å²) in [5, 5.41) is 0. The van der Waals surface area contributed by atoms with Crippen LogP contribution in [0.15, 0.2) is 25.3 Å². The average Bonchev–Trinajstić information content (AvgIpc) is 2.13. The molecule has 0 aliphatic rings. The third-order valence-electron chi connectivity index (χ3n) is 2.55. The van der Waals surface area contributed by atoms with E-state index in [1.54, 1.807) is 0 Å². The molecule has 0 fully saturated rings. The van der Waals surface area contributed by atoms with Gasteiger partial charge < -0.3 is 4.74 Å². The summed E-state index contributed by atoms with van der Waals surface area (Å²) < 4.78 is 5.36. The Hall–Kier alpha value is -0.343. The normalized spacial score (nSPS) is 11.3. The molecule has 14 heavy (non-hydrogen) atoms. The van der Waals surface area contributed by atoms with E-state index in [1.165, 1.54) is 24.6 Å². The van der Waals surface area contributed by atoms with E-state index in [0.717, 1.165) is 13.2 Å². The minimum Gasteiger partial charge on any atom is -0.382 e. The minimum atomic E-state index is -1.12. The highest BCUT2D eigenvalue weighted by Crippen LogP contribution is 2.23. The Labute approximate surface area is 89.9 Å². The van der Waals surface area contributed by atoms with Crippen molar-refractivity contribution in [3.05, 3.63) is 25.3 Å². The molecule has 0 saturated carbocycles. The molecule has 0 bridgehead atoms. The van der Waals surface area contributed by atoms with Crippen LogP contribution in [0.2, 0.25) is 24.7 Å². The first kappa shape index (κ1) is 13.7. The van der Waals surface area contributed by atoms with Gasteiger partial charge in [0.05, 0.1) is 8.07 Å². The van der Waals surface area contributed by atoms with E-state index >= 15 is 0 Å². The molecular formula is C12H24OSi. The number of allylic oxidation sites excluding steroid dienone is 2. The van der Waals surface area contributed by atoms with Gasteiger partial charge in [0.15, 0.2) is 0 Å². The van der Waals surface area contributed by atoms with Crippen LogP contribution >= 0.6 is 0 Å². The highest BCUT2D eigenvalue weighted by atomic mass is 28.3. The fraction of sp³-hybridized carbons (Fsp3) is 0.667. The molecule has 0 N–H and O–H groups in total. The van der Waals surface area contributed by atoms with E-state index in [-0.39, 0.29) is 0 Å². The lowest BCUT2D eigenvalue weighted by atomic mass is 10.5. The Morgan fingerprint density at radius 3 is 2.21 bits per heavy atom. The summed E-state index contributed by atoms with van der Waals surface area (Å²) >= 11 is 0. The van der Waals surface area contributed by atoms with Crippen molar-refractivity contribution in [1.29, 1.82) is 0 Å². The maximum Gasteiger partial charge on any atom is 0.0580 e. The van der Waals surface area contributed by atoms with Crippen LogP contribution in [-0.4, -0.2) is 21.3 Å². The van der Waals surface area contributed by atoms with Gasteiger partial charge in [0, 0.05) is 13.2 Å². The maximum atomic E-state index is 5.36. The van der Waals surface area contributed by atoms with Crippen LogP contribution in [0.5, 0.6) is 0 Å². The predicted octanol–water partition coefficient (Wildman–Crippen LogP) is 3.86. The lowest BCUT2D eigenvalue weighted by Gasteiger charge is -2.24. The summed E-state index contributed by atoms with van der Waals surface area (Å²) in [6.45, 7) is 13.9. The second-order valence-electron chi connectivity index (χ2n) is 4.10. The van der Waals surface area contributed by atoms with Crippen molar-refractivity contribution in [3.63, 3.8) is 0 Å². The fourth-order valence-electron chi connectivity index (χ4n) is 1.73. The SMILES string of the molecule is C=CC[Si](C)(CC=C)CCCOCC. The molecule has 2 heteroatoms. The quantitative estimate of drug-likeness (QED) is 0.320. The van der Waals surface area contributed by atoms with Crippen LogP contribution in [0.4, 0.5) is 0 Å². The van der Waals surface area contributed by atoms with E-state index < -0.39 is 8.07 Å². The summed E-state index contributed by atoms with van der Waals surface area (Å²) in [6, 6.07) is 3.72. The first-order valence-corrected chi connectivity index (χ1v) is 8.60. The van der Waals surface area contributed by atoms with Gasteiger partial charge in [-0.2, -0.15) is 0 Å². The van der Waals surface area contributed by atoms with E-state index in [4.69, 9.17) is 4.74 Å².